The van der Waals surface area contributed by atoms with Crippen molar-refractivity contribution in [3.05, 3.63) is 71.5 Å². The van der Waals surface area contributed by atoms with E-state index in [2.05, 4.69) is 22.3 Å². The van der Waals surface area contributed by atoms with Gasteiger partial charge in [0, 0.05) is 31.1 Å². The molecule has 1 heterocycles. The van der Waals surface area contributed by atoms with Crippen LogP contribution in [0.25, 0.3) is 0 Å². The Hall–Kier alpha value is -1.89. The Labute approximate surface area is 164 Å². The minimum atomic E-state index is -0.483. The van der Waals surface area contributed by atoms with E-state index in [4.69, 9.17) is 4.74 Å². The first-order chi connectivity index (χ1) is 13.2. The van der Waals surface area contributed by atoms with Gasteiger partial charge in [-0.25, -0.2) is 4.39 Å². The number of hydrogen-bond donors (Lipinski definition) is 1. The van der Waals surface area contributed by atoms with Gasteiger partial charge in [0.15, 0.2) is 0 Å². The molecule has 0 bridgehead atoms. The maximum Gasteiger partial charge on any atom is 0.241 e. The molecular formula is C21H25FN2O2S. The molecular weight excluding hydrogens is 363 g/mol. The Balaban J connectivity index is 1.54. The van der Waals surface area contributed by atoms with E-state index in [-0.39, 0.29) is 11.7 Å². The van der Waals surface area contributed by atoms with Gasteiger partial charge in [-0.2, -0.15) is 11.8 Å². The summed E-state index contributed by atoms with van der Waals surface area (Å²) in [6.07, 6.45) is 0. The van der Waals surface area contributed by atoms with E-state index >= 15 is 0 Å². The number of hydrogen-bond acceptors (Lipinski definition) is 4. The number of rotatable bonds is 8. The van der Waals surface area contributed by atoms with Crippen LogP contribution in [-0.2, 0) is 15.3 Å². The molecule has 6 heteroatoms. The Morgan fingerprint density at radius 2 is 1.93 bits per heavy atom. The molecule has 4 nitrogen and oxygen atoms in total. The largest absolute Gasteiger partial charge is 0.379 e. The molecule has 0 aromatic heterocycles. The predicted molar refractivity (Wildman–Crippen MR) is 107 cm³/mol. The SMILES string of the molecule is O=C(NCCSCc1ccccc1)[C@@H](c1cccc(F)c1)N1CCOCC1. The van der Waals surface area contributed by atoms with E-state index in [0.29, 0.717) is 38.4 Å². The Morgan fingerprint density at radius 3 is 2.67 bits per heavy atom. The topological polar surface area (TPSA) is 41.6 Å². The summed E-state index contributed by atoms with van der Waals surface area (Å²) in [5.41, 5.74) is 1.96. The van der Waals surface area contributed by atoms with Crippen molar-refractivity contribution in [2.45, 2.75) is 11.8 Å². The van der Waals surface area contributed by atoms with Crippen molar-refractivity contribution in [1.29, 1.82) is 0 Å². The van der Waals surface area contributed by atoms with Gasteiger partial charge in [0.05, 0.1) is 13.2 Å². The average molecular weight is 389 g/mol. The molecule has 0 aliphatic carbocycles. The quantitative estimate of drug-likeness (QED) is 0.705. The number of nitrogens with zero attached hydrogens (tertiary/aromatic N) is 1. The number of amides is 1. The zero-order chi connectivity index (χ0) is 18.9. The number of benzene rings is 2. The van der Waals surface area contributed by atoms with Crippen LogP contribution in [0.3, 0.4) is 0 Å². The summed E-state index contributed by atoms with van der Waals surface area (Å²) >= 11 is 1.79. The summed E-state index contributed by atoms with van der Waals surface area (Å²) in [6, 6.07) is 16.1. The van der Waals surface area contributed by atoms with Crippen LogP contribution in [0.1, 0.15) is 17.2 Å². The first-order valence-electron chi connectivity index (χ1n) is 9.20. The van der Waals surface area contributed by atoms with Crippen molar-refractivity contribution in [2.75, 3.05) is 38.6 Å². The second-order valence-corrected chi connectivity index (χ2v) is 7.54. The minimum Gasteiger partial charge on any atom is -0.379 e. The zero-order valence-electron chi connectivity index (χ0n) is 15.3. The van der Waals surface area contributed by atoms with E-state index in [1.165, 1.54) is 17.7 Å². The maximum absolute atomic E-state index is 13.7. The van der Waals surface area contributed by atoms with Gasteiger partial charge in [0.2, 0.25) is 5.91 Å². The molecule has 27 heavy (non-hydrogen) atoms. The molecule has 1 amide bonds. The highest BCUT2D eigenvalue weighted by molar-refractivity contribution is 7.98. The van der Waals surface area contributed by atoms with Crippen LogP contribution < -0.4 is 5.32 Å². The van der Waals surface area contributed by atoms with Crippen LogP contribution in [0, 0.1) is 5.82 Å². The second kappa shape index (κ2) is 10.4. The number of carbonyl (C=O) groups is 1. The molecule has 2 aromatic carbocycles. The van der Waals surface area contributed by atoms with Crippen molar-refractivity contribution in [3.63, 3.8) is 0 Å². The minimum absolute atomic E-state index is 0.0807. The van der Waals surface area contributed by atoms with E-state index in [9.17, 15) is 9.18 Å². The van der Waals surface area contributed by atoms with Gasteiger partial charge in [0.25, 0.3) is 0 Å². The Morgan fingerprint density at radius 1 is 1.15 bits per heavy atom. The summed E-state index contributed by atoms with van der Waals surface area (Å²) in [5.74, 6) is 1.35. The molecule has 1 aliphatic rings. The third kappa shape index (κ3) is 6.06. The lowest BCUT2D eigenvalue weighted by molar-refractivity contribution is -0.128. The smallest absolute Gasteiger partial charge is 0.241 e. The average Bonchev–Trinajstić information content (AvgIpc) is 2.70. The third-order valence-corrected chi connectivity index (χ3v) is 5.51. The number of thioether (sulfide) groups is 1. The monoisotopic (exact) mass is 388 g/mol. The number of halogens is 1. The number of ether oxygens (including phenoxy) is 1. The zero-order valence-corrected chi connectivity index (χ0v) is 16.1. The molecule has 2 aromatic rings. The molecule has 0 saturated carbocycles. The molecule has 0 unspecified atom stereocenters. The third-order valence-electron chi connectivity index (χ3n) is 4.48. The van der Waals surface area contributed by atoms with Gasteiger partial charge in [0.1, 0.15) is 11.9 Å². The van der Waals surface area contributed by atoms with E-state index in [0.717, 1.165) is 11.5 Å². The Bertz CT molecular complexity index is 723. The van der Waals surface area contributed by atoms with Crippen molar-refractivity contribution in [3.8, 4) is 0 Å². The fourth-order valence-electron chi connectivity index (χ4n) is 3.15. The van der Waals surface area contributed by atoms with Crippen LogP contribution in [0.4, 0.5) is 4.39 Å². The van der Waals surface area contributed by atoms with Crippen LogP contribution in [0.2, 0.25) is 0 Å². The van der Waals surface area contributed by atoms with Gasteiger partial charge >= 0.3 is 0 Å². The standard InChI is InChI=1S/C21H25FN2O2S/c22-19-8-4-7-18(15-19)20(24-10-12-26-13-11-24)21(25)23-9-14-27-16-17-5-2-1-3-6-17/h1-8,15,20H,9-14,16H2,(H,23,25)/t20-/m1/s1. The second-order valence-electron chi connectivity index (χ2n) is 6.44. The number of carbonyl (C=O) groups excluding carboxylic acids is 1. The molecule has 0 radical (unpaired) electrons. The molecule has 1 saturated heterocycles. The van der Waals surface area contributed by atoms with Gasteiger partial charge in [-0.15, -0.1) is 0 Å². The van der Waals surface area contributed by atoms with Crippen molar-refractivity contribution in [1.82, 2.24) is 10.2 Å². The lowest BCUT2D eigenvalue weighted by Crippen LogP contribution is -2.46. The lowest BCUT2D eigenvalue weighted by Gasteiger charge is -2.33. The highest BCUT2D eigenvalue weighted by Gasteiger charge is 2.29. The summed E-state index contributed by atoms with van der Waals surface area (Å²) in [7, 11) is 0. The van der Waals surface area contributed by atoms with Gasteiger partial charge in [-0.05, 0) is 23.3 Å². The molecule has 1 fully saturated rings. The Kier molecular flexibility index (Phi) is 7.68. The molecule has 1 atom stereocenters. The predicted octanol–water partition coefficient (Wildman–Crippen LogP) is 3.25. The molecule has 0 spiro atoms. The summed E-state index contributed by atoms with van der Waals surface area (Å²) in [4.78, 5) is 14.9. The van der Waals surface area contributed by atoms with Crippen molar-refractivity contribution >= 4 is 17.7 Å². The number of nitrogens with one attached hydrogen (secondary N) is 1. The van der Waals surface area contributed by atoms with Crippen LogP contribution in [0.5, 0.6) is 0 Å². The van der Waals surface area contributed by atoms with Crippen LogP contribution >= 0.6 is 11.8 Å². The van der Waals surface area contributed by atoms with E-state index < -0.39 is 6.04 Å². The van der Waals surface area contributed by atoms with Crippen LogP contribution in [0.15, 0.2) is 54.6 Å². The maximum atomic E-state index is 13.7. The highest BCUT2D eigenvalue weighted by atomic mass is 32.2. The van der Waals surface area contributed by atoms with E-state index in [1.54, 1.807) is 17.8 Å². The lowest BCUT2D eigenvalue weighted by atomic mass is 10.0. The van der Waals surface area contributed by atoms with Crippen LogP contribution in [-0.4, -0.2) is 49.4 Å². The van der Waals surface area contributed by atoms with Gasteiger partial charge in [-0.3, -0.25) is 9.69 Å². The molecule has 144 valence electrons. The van der Waals surface area contributed by atoms with Gasteiger partial charge < -0.3 is 10.1 Å². The first-order valence-corrected chi connectivity index (χ1v) is 10.4. The fraction of sp³-hybridized carbons (Fsp3) is 0.381. The first kappa shape index (κ1) is 19.9. The highest BCUT2D eigenvalue weighted by Crippen LogP contribution is 2.23. The summed E-state index contributed by atoms with van der Waals surface area (Å²) < 4.78 is 19.1. The fourth-order valence-corrected chi connectivity index (χ4v) is 3.97. The molecule has 1 aliphatic heterocycles. The summed E-state index contributed by atoms with van der Waals surface area (Å²) in [6.45, 7) is 3.10. The van der Waals surface area contributed by atoms with Crippen molar-refractivity contribution in [2.24, 2.45) is 0 Å². The number of morpholine rings is 1. The van der Waals surface area contributed by atoms with Gasteiger partial charge in [-0.1, -0.05) is 42.5 Å². The normalized spacial score (nSPS) is 16.0. The van der Waals surface area contributed by atoms with Crippen molar-refractivity contribution < 1.29 is 13.9 Å². The summed E-state index contributed by atoms with van der Waals surface area (Å²) in [5, 5.41) is 3.02. The van der Waals surface area contributed by atoms with E-state index in [1.807, 2.05) is 24.3 Å². The molecule has 1 N–H and O–H groups in total. The molecule has 3 rings (SSSR count).